The Kier molecular flexibility index (Phi) is 6.92. The van der Waals surface area contributed by atoms with Gasteiger partial charge in [-0.05, 0) is 37.5 Å². The number of hydrogen-bond acceptors (Lipinski definition) is 3. The first-order valence-corrected chi connectivity index (χ1v) is 10.4. The van der Waals surface area contributed by atoms with Gasteiger partial charge in [0.15, 0.2) is 0 Å². The summed E-state index contributed by atoms with van der Waals surface area (Å²) in [5, 5.41) is 3.63. The van der Waals surface area contributed by atoms with Crippen molar-refractivity contribution in [2.75, 3.05) is 24.2 Å². The molecule has 0 aliphatic carbocycles. The topological polar surface area (TPSA) is 66.5 Å². The number of benzene rings is 1. The van der Waals surface area contributed by atoms with Crippen LogP contribution in [0.5, 0.6) is 0 Å². The maximum Gasteiger partial charge on any atom is 0.227 e. The molecule has 1 aliphatic rings. The Morgan fingerprint density at radius 2 is 1.92 bits per heavy atom. The molecule has 1 amide bonds. The number of unbranched alkanes of at least 4 members (excludes halogenated alkanes) is 1. The van der Waals surface area contributed by atoms with E-state index in [4.69, 9.17) is 23.2 Å². The number of piperidine rings is 1. The van der Waals surface area contributed by atoms with Crippen LogP contribution in [-0.2, 0) is 14.8 Å². The van der Waals surface area contributed by atoms with Gasteiger partial charge in [0, 0.05) is 24.7 Å². The van der Waals surface area contributed by atoms with Gasteiger partial charge in [-0.2, -0.15) is 0 Å². The van der Waals surface area contributed by atoms with Crippen molar-refractivity contribution in [3.8, 4) is 0 Å². The summed E-state index contributed by atoms with van der Waals surface area (Å²) in [4.78, 5) is 12.3. The van der Waals surface area contributed by atoms with Crippen LogP contribution >= 0.6 is 23.2 Å². The third-order valence-corrected chi connectivity index (χ3v) is 6.86. The molecule has 24 heavy (non-hydrogen) atoms. The molecule has 1 aromatic rings. The van der Waals surface area contributed by atoms with Crippen LogP contribution in [0.4, 0.5) is 5.69 Å². The number of nitrogens with zero attached hydrogens (tertiary/aromatic N) is 1. The predicted octanol–water partition coefficient (Wildman–Crippen LogP) is 3.77. The Bertz CT molecular complexity index is 687. The molecule has 5 nitrogen and oxygen atoms in total. The second-order valence-corrected chi connectivity index (χ2v) is 8.86. The summed E-state index contributed by atoms with van der Waals surface area (Å²) >= 11 is 11.8. The lowest BCUT2D eigenvalue weighted by Gasteiger charge is -2.30. The molecule has 1 aromatic carbocycles. The van der Waals surface area contributed by atoms with Gasteiger partial charge in [0.1, 0.15) is 0 Å². The van der Waals surface area contributed by atoms with E-state index in [1.54, 1.807) is 18.2 Å². The molecule has 1 fully saturated rings. The molecule has 8 heteroatoms. The molecule has 0 spiro atoms. The summed E-state index contributed by atoms with van der Waals surface area (Å²) in [7, 11) is -3.19. The van der Waals surface area contributed by atoms with Gasteiger partial charge < -0.3 is 5.32 Å². The predicted molar refractivity (Wildman–Crippen MR) is 98.1 cm³/mol. The monoisotopic (exact) mass is 392 g/mol. The van der Waals surface area contributed by atoms with Gasteiger partial charge in [-0.25, -0.2) is 12.7 Å². The maximum absolute atomic E-state index is 12.3. The summed E-state index contributed by atoms with van der Waals surface area (Å²) < 4.78 is 25.9. The quantitative estimate of drug-likeness (QED) is 0.800. The van der Waals surface area contributed by atoms with E-state index in [2.05, 4.69) is 5.32 Å². The van der Waals surface area contributed by atoms with Crippen LogP contribution in [0.2, 0.25) is 10.0 Å². The van der Waals surface area contributed by atoms with E-state index in [1.165, 1.54) is 4.31 Å². The molecule has 134 valence electrons. The first-order valence-electron chi connectivity index (χ1n) is 8.07. The highest BCUT2D eigenvalue weighted by molar-refractivity contribution is 7.89. The molecular weight excluding hydrogens is 371 g/mol. The first kappa shape index (κ1) is 19.5. The van der Waals surface area contributed by atoms with E-state index in [0.717, 1.165) is 6.42 Å². The van der Waals surface area contributed by atoms with Gasteiger partial charge in [0.05, 0.1) is 15.8 Å². The lowest BCUT2D eigenvalue weighted by atomic mass is 9.97. The fourth-order valence-corrected chi connectivity index (χ4v) is 4.65. The molecule has 1 aliphatic heterocycles. The van der Waals surface area contributed by atoms with Crippen LogP contribution in [0, 0.1) is 5.92 Å². The van der Waals surface area contributed by atoms with Crippen molar-refractivity contribution < 1.29 is 13.2 Å². The van der Waals surface area contributed by atoms with Gasteiger partial charge in [-0.15, -0.1) is 0 Å². The Balaban J connectivity index is 1.89. The van der Waals surface area contributed by atoms with Crippen molar-refractivity contribution in [2.45, 2.75) is 32.6 Å². The van der Waals surface area contributed by atoms with Crippen LogP contribution in [-0.4, -0.2) is 37.5 Å². The number of hydrogen-bond donors (Lipinski definition) is 1. The van der Waals surface area contributed by atoms with Crippen molar-refractivity contribution >= 4 is 44.8 Å². The average molecular weight is 393 g/mol. The smallest absolute Gasteiger partial charge is 0.227 e. The fraction of sp³-hybridized carbons (Fsp3) is 0.562. The van der Waals surface area contributed by atoms with E-state index in [0.29, 0.717) is 48.1 Å². The van der Waals surface area contributed by atoms with Crippen LogP contribution in [0.3, 0.4) is 0 Å². The highest BCUT2D eigenvalue weighted by Crippen LogP contribution is 2.26. The van der Waals surface area contributed by atoms with E-state index in [-0.39, 0.29) is 17.6 Å². The number of carbonyl (C=O) groups is 1. The zero-order chi connectivity index (χ0) is 17.7. The SMILES string of the molecule is CCCCS(=O)(=O)N1CCC(C(=O)Nc2ccc(Cl)c(Cl)c2)CC1. The summed E-state index contributed by atoms with van der Waals surface area (Å²) in [5.74, 6) is -0.125. The molecule has 0 radical (unpaired) electrons. The van der Waals surface area contributed by atoms with Gasteiger partial charge in [0.25, 0.3) is 0 Å². The zero-order valence-electron chi connectivity index (χ0n) is 13.6. The summed E-state index contributed by atoms with van der Waals surface area (Å²) in [6.07, 6.45) is 2.57. The molecule has 0 bridgehead atoms. The van der Waals surface area contributed by atoms with Gasteiger partial charge in [-0.3, -0.25) is 4.79 Å². The third-order valence-electron chi connectivity index (χ3n) is 4.16. The van der Waals surface area contributed by atoms with E-state index in [9.17, 15) is 13.2 Å². The maximum atomic E-state index is 12.3. The number of anilines is 1. The highest BCUT2D eigenvalue weighted by Gasteiger charge is 2.30. The second kappa shape index (κ2) is 8.52. The Labute approximate surface area is 153 Å². The van der Waals surface area contributed by atoms with Crippen LogP contribution in [0.1, 0.15) is 32.6 Å². The van der Waals surface area contributed by atoms with E-state index in [1.807, 2.05) is 6.92 Å². The van der Waals surface area contributed by atoms with Crippen molar-refractivity contribution in [1.82, 2.24) is 4.31 Å². The lowest BCUT2D eigenvalue weighted by molar-refractivity contribution is -0.120. The highest BCUT2D eigenvalue weighted by atomic mass is 35.5. The van der Waals surface area contributed by atoms with E-state index < -0.39 is 10.0 Å². The molecule has 2 rings (SSSR count). The molecule has 1 heterocycles. The molecule has 1 saturated heterocycles. The number of amides is 1. The Morgan fingerprint density at radius 3 is 2.50 bits per heavy atom. The van der Waals surface area contributed by atoms with Gasteiger partial charge >= 0.3 is 0 Å². The number of rotatable bonds is 6. The summed E-state index contributed by atoms with van der Waals surface area (Å²) in [6, 6.07) is 4.92. The molecular formula is C16H22Cl2N2O3S. The van der Waals surface area contributed by atoms with E-state index >= 15 is 0 Å². The van der Waals surface area contributed by atoms with Crippen molar-refractivity contribution in [3.63, 3.8) is 0 Å². The van der Waals surface area contributed by atoms with Gasteiger partial charge in [0.2, 0.25) is 15.9 Å². The normalized spacial score (nSPS) is 17.0. The molecule has 0 saturated carbocycles. The minimum Gasteiger partial charge on any atom is -0.326 e. The molecule has 1 N–H and O–H groups in total. The third kappa shape index (κ3) is 5.09. The number of carbonyl (C=O) groups excluding carboxylic acids is 1. The first-order chi connectivity index (χ1) is 11.3. The summed E-state index contributed by atoms with van der Waals surface area (Å²) in [5.41, 5.74) is 0.590. The van der Waals surface area contributed by atoms with Crippen molar-refractivity contribution in [1.29, 1.82) is 0 Å². The van der Waals surface area contributed by atoms with Crippen LogP contribution < -0.4 is 5.32 Å². The molecule has 0 atom stereocenters. The van der Waals surface area contributed by atoms with Gasteiger partial charge in [-0.1, -0.05) is 36.5 Å². The minimum atomic E-state index is -3.19. The molecule has 0 aromatic heterocycles. The number of sulfonamides is 1. The number of halogens is 2. The standard InChI is InChI=1S/C16H22Cl2N2O3S/c1-2-3-10-24(22,23)20-8-6-12(7-9-20)16(21)19-13-4-5-14(17)15(18)11-13/h4-5,11-12H,2-3,6-10H2,1H3,(H,19,21). The van der Waals surface area contributed by atoms with Crippen LogP contribution in [0.15, 0.2) is 18.2 Å². The average Bonchev–Trinajstić information content (AvgIpc) is 2.56. The molecule has 0 unspecified atom stereocenters. The van der Waals surface area contributed by atoms with Crippen molar-refractivity contribution in [3.05, 3.63) is 28.2 Å². The Hall–Kier alpha value is -0.820. The fourth-order valence-electron chi connectivity index (χ4n) is 2.67. The second-order valence-electron chi connectivity index (χ2n) is 5.96. The Morgan fingerprint density at radius 1 is 1.25 bits per heavy atom. The zero-order valence-corrected chi connectivity index (χ0v) is 15.9. The largest absolute Gasteiger partial charge is 0.326 e. The number of nitrogens with one attached hydrogen (secondary N) is 1. The van der Waals surface area contributed by atoms with Crippen molar-refractivity contribution in [2.24, 2.45) is 5.92 Å². The minimum absolute atomic E-state index is 0.112. The van der Waals surface area contributed by atoms with Crippen LogP contribution in [0.25, 0.3) is 0 Å². The summed E-state index contributed by atoms with van der Waals surface area (Å²) in [6.45, 7) is 2.76. The lowest BCUT2D eigenvalue weighted by Crippen LogP contribution is -2.42.